The normalized spacial score (nSPS) is 10.4. The van der Waals surface area contributed by atoms with Gasteiger partial charge in [0.2, 0.25) is 0 Å². The largest absolute Gasteiger partial charge is 0.478 e. The van der Waals surface area contributed by atoms with Crippen LogP contribution in [0, 0.1) is 11.8 Å². The molecule has 0 aliphatic carbocycles. The zero-order chi connectivity index (χ0) is 22.1. The minimum absolute atomic E-state index is 0.0515. The quantitative estimate of drug-likeness (QED) is 0.612. The van der Waals surface area contributed by atoms with Crippen molar-refractivity contribution in [3.63, 3.8) is 0 Å². The van der Waals surface area contributed by atoms with Crippen LogP contribution in [0.25, 0.3) is 0 Å². The number of rotatable bonds is 7. The lowest BCUT2D eigenvalue weighted by atomic mass is 9.87. The molecule has 6 heteroatoms. The van der Waals surface area contributed by atoms with E-state index in [1.54, 1.807) is 36.4 Å². The number of carboxylic acid groups (broad SMARTS) is 3. The first-order chi connectivity index (χ1) is 13.5. The van der Waals surface area contributed by atoms with Crippen molar-refractivity contribution in [2.75, 3.05) is 0 Å². The second-order valence-corrected chi connectivity index (χ2v) is 7.60. The van der Waals surface area contributed by atoms with Gasteiger partial charge in [0.15, 0.2) is 0 Å². The molecule has 0 bridgehead atoms. The van der Waals surface area contributed by atoms with Crippen molar-refractivity contribution in [3.8, 4) is 0 Å². The van der Waals surface area contributed by atoms with Gasteiger partial charge in [0.25, 0.3) is 0 Å². The third-order valence-electron chi connectivity index (χ3n) is 4.12. The molecule has 0 radical (unpaired) electrons. The highest BCUT2D eigenvalue weighted by Crippen LogP contribution is 2.25. The lowest BCUT2D eigenvalue weighted by molar-refractivity contribution is 0.0650. The van der Waals surface area contributed by atoms with Crippen molar-refractivity contribution in [1.29, 1.82) is 0 Å². The van der Waals surface area contributed by atoms with Crippen LogP contribution in [0.15, 0.2) is 42.5 Å². The van der Waals surface area contributed by atoms with Crippen LogP contribution in [-0.4, -0.2) is 33.2 Å². The van der Waals surface area contributed by atoms with E-state index in [9.17, 15) is 24.6 Å². The zero-order valence-electron chi connectivity index (χ0n) is 17.2. The van der Waals surface area contributed by atoms with Gasteiger partial charge in [0.1, 0.15) is 0 Å². The van der Waals surface area contributed by atoms with Gasteiger partial charge in [-0.05, 0) is 54.0 Å². The first kappa shape index (κ1) is 23.9. The van der Waals surface area contributed by atoms with Gasteiger partial charge in [-0.25, -0.2) is 14.4 Å². The number of hydrogen-bond donors (Lipinski definition) is 3. The Morgan fingerprint density at radius 2 is 1.28 bits per heavy atom. The van der Waals surface area contributed by atoms with Gasteiger partial charge in [-0.1, -0.05) is 52.0 Å². The smallest absolute Gasteiger partial charge is 0.336 e. The topological polar surface area (TPSA) is 112 Å². The molecule has 0 heterocycles. The molecule has 156 valence electrons. The zero-order valence-corrected chi connectivity index (χ0v) is 17.2. The van der Waals surface area contributed by atoms with E-state index in [0.717, 1.165) is 12.0 Å². The molecular weight excluding hydrogens is 372 g/mol. The first-order valence-electron chi connectivity index (χ1n) is 9.44. The van der Waals surface area contributed by atoms with E-state index in [-0.39, 0.29) is 17.0 Å². The fourth-order valence-corrected chi connectivity index (χ4v) is 2.97. The van der Waals surface area contributed by atoms with Crippen LogP contribution in [-0.2, 0) is 12.8 Å². The van der Waals surface area contributed by atoms with E-state index >= 15 is 0 Å². The molecule has 0 aliphatic rings. The summed E-state index contributed by atoms with van der Waals surface area (Å²) in [5, 5.41) is 27.0. The van der Waals surface area contributed by atoms with Gasteiger partial charge in [-0.3, -0.25) is 0 Å². The molecule has 0 aromatic heterocycles. The number of benzene rings is 2. The Morgan fingerprint density at radius 1 is 0.724 bits per heavy atom. The van der Waals surface area contributed by atoms with Crippen molar-refractivity contribution >= 4 is 17.9 Å². The lowest BCUT2D eigenvalue weighted by Gasteiger charge is -2.17. The summed E-state index contributed by atoms with van der Waals surface area (Å²) < 4.78 is 0. The molecule has 0 atom stereocenters. The minimum Gasteiger partial charge on any atom is -0.478 e. The van der Waals surface area contributed by atoms with Gasteiger partial charge in [0, 0.05) is 0 Å². The standard InChI is InChI=1S/C16H22O4.C7H6O2/c1-9(2)7-11-5-6-12(15(17)18)14(16(19)20)13(11)8-10(3)4;8-7(9)6-4-2-1-3-5-6/h5-6,9-10H,7-8H2,1-4H3,(H,17,18)(H,19,20);1-5H,(H,8,9). The fourth-order valence-electron chi connectivity index (χ4n) is 2.97. The maximum absolute atomic E-state index is 11.5. The third kappa shape index (κ3) is 7.41. The second kappa shape index (κ2) is 11.0. The van der Waals surface area contributed by atoms with E-state index in [1.165, 1.54) is 6.07 Å². The first-order valence-corrected chi connectivity index (χ1v) is 9.44. The number of hydrogen-bond acceptors (Lipinski definition) is 3. The van der Waals surface area contributed by atoms with Crippen molar-refractivity contribution in [1.82, 2.24) is 0 Å². The average molecular weight is 400 g/mol. The summed E-state index contributed by atoms with van der Waals surface area (Å²) in [7, 11) is 0. The fraction of sp³-hybridized carbons (Fsp3) is 0.348. The molecule has 0 saturated heterocycles. The van der Waals surface area contributed by atoms with Gasteiger partial charge < -0.3 is 15.3 Å². The monoisotopic (exact) mass is 400 g/mol. The molecule has 0 amide bonds. The summed E-state index contributed by atoms with van der Waals surface area (Å²) in [6, 6.07) is 11.5. The van der Waals surface area contributed by atoms with E-state index in [2.05, 4.69) is 13.8 Å². The molecule has 0 unspecified atom stereocenters. The highest BCUT2D eigenvalue weighted by molar-refractivity contribution is 6.03. The molecule has 0 aliphatic heterocycles. The number of carboxylic acids is 3. The summed E-state index contributed by atoms with van der Waals surface area (Å²) in [5.74, 6) is -2.58. The van der Waals surface area contributed by atoms with Crippen molar-refractivity contribution in [2.24, 2.45) is 11.8 Å². The second-order valence-electron chi connectivity index (χ2n) is 7.60. The molecule has 0 spiro atoms. The average Bonchev–Trinajstić information content (AvgIpc) is 2.62. The SMILES string of the molecule is CC(C)Cc1ccc(C(=O)O)c(C(=O)O)c1CC(C)C.O=C(O)c1ccccc1. The Balaban J connectivity index is 0.000000387. The van der Waals surface area contributed by atoms with Crippen LogP contribution in [0.4, 0.5) is 0 Å². The minimum atomic E-state index is -1.19. The summed E-state index contributed by atoms with van der Waals surface area (Å²) in [6.07, 6.45) is 1.33. The van der Waals surface area contributed by atoms with Gasteiger partial charge in [0.05, 0.1) is 16.7 Å². The Labute approximate surface area is 170 Å². The van der Waals surface area contributed by atoms with Crippen LogP contribution >= 0.6 is 0 Å². The van der Waals surface area contributed by atoms with Crippen LogP contribution in [0.5, 0.6) is 0 Å². The maximum Gasteiger partial charge on any atom is 0.336 e. The van der Waals surface area contributed by atoms with Crippen LogP contribution in [0.3, 0.4) is 0 Å². The summed E-state index contributed by atoms with van der Waals surface area (Å²) in [6.45, 7) is 8.12. The number of aromatic carboxylic acids is 3. The Kier molecular flexibility index (Phi) is 9.06. The molecule has 3 N–H and O–H groups in total. The third-order valence-corrected chi connectivity index (χ3v) is 4.12. The Hall–Kier alpha value is -3.15. The molecular formula is C23H28O6. The molecule has 0 saturated carbocycles. The van der Waals surface area contributed by atoms with Crippen LogP contribution in [0.2, 0.25) is 0 Å². The Morgan fingerprint density at radius 3 is 1.66 bits per heavy atom. The van der Waals surface area contributed by atoms with Gasteiger partial charge in [-0.15, -0.1) is 0 Å². The number of carbonyl (C=O) groups is 3. The molecule has 29 heavy (non-hydrogen) atoms. The van der Waals surface area contributed by atoms with E-state index < -0.39 is 17.9 Å². The highest BCUT2D eigenvalue weighted by Gasteiger charge is 2.23. The highest BCUT2D eigenvalue weighted by atomic mass is 16.4. The van der Waals surface area contributed by atoms with Gasteiger partial charge in [-0.2, -0.15) is 0 Å². The summed E-state index contributed by atoms with van der Waals surface area (Å²) in [5.41, 5.74) is 1.76. The summed E-state index contributed by atoms with van der Waals surface area (Å²) >= 11 is 0. The lowest BCUT2D eigenvalue weighted by Crippen LogP contribution is -2.16. The van der Waals surface area contributed by atoms with E-state index in [1.807, 2.05) is 13.8 Å². The Bertz CT molecular complexity index is 853. The van der Waals surface area contributed by atoms with Gasteiger partial charge >= 0.3 is 17.9 Å². The maximum atomic E-state index is 11.5. The van der Waals surface area contributed by atoms with E-state index in [4.69, 9.17) is 5.11 Å². The van der Waals surface area contributed by atoms with Crippen LogP contribution in [0.1, 0.15) is 69.9 Å². The molecule has 2 aromatic rings. The van der Waals surface area contributed by atoms with E-state index in [0.29, 0.717) is 23.5 Å². The molecule has 0 fully saturated rings. The predicted octanol–water partition coefficient (Wildman–Crippen LogP) is 4.86. The van der Waals surface area contributed by atoms with Crippen molar-refractivity contribution in [3.05, 3.63) is 70.3 Å². The molecule has 6 nitrogen and oxygen atoms in total. The van der Waals surface area contributed by atoms with Crippen molar-refractivity contribution < 1.29 is 29.7 Å². The predicted molar refractivity (Wildman–Crippen MR) is 111 cm³/mol. The van der Waals surface area contributed by atoms with Crippen molar-refractivity contribution in [2.45, 2.75) is 40.5 Å². The van der Waals surface area contributed by atoms with Crippen LogP contribution < -0.4 is 0 Å². The summed E-state index contributed by atoms with van der Waals surface area (Å²) in [4.78, 5) is 32.9. The molecule has 2 aromatic carbocycles. The molecule has 2 rings (SSSR count).